The Morgan fingerprint density at radius 2 is 2.28 bits per heavy atom. The van der Waals surface area contributed by atoms with Crippen molar-refractivity contribution in [3.05, 3.63) is 26.6 Å². The summed E-state index contributed by atoms with van der Waals surface area (Å²) in [4.78, 5) is 35.4. The third kappa shape index (κ3) is 3.62. The zero-order chi connectivity index (χ0) is 18.1. The Bertz CT molecular complexity index is 842. The first-order valence-electron chi connectivity index (χ1n) is 8.91. The monoisotopic (exact) mass is 363 g/mol. The molecule has 1 aliphatic rings. The lowest BCUT2D eigenvalue weighted by atomic mass is 9.89. The SMILES string of the molecule is CCCN(CC(=O)O)C(C)c1nc2sc3c(c2c(=O)[nH]1)CCC(C)C3. The molecule has 3 rings (SSSR count). The van der Waals surface area contributed by atoms with Crippen molar-refractivity contribution < 1.29 is 9.90 Å². The van der Waals surface area contributed by atoms with Gasteiger partial charge in [-0.15, -0.1) is 11.3 Å². The van der Waals surface area contributed by atoms with E-state index in [9.17, 15) is 9.59 Å². The van der Waals surface area contributed by atoms with Crippen LogP contribution >= 0.6 is 11.3 Å². The minimum atomic E-state index is -0.871. The average Bonchev–Trinajstić information content (AvgIpc) is 2.90. The molecule has 7 heteroatoms. The molecule has 0 bridgehead atoms. The number of H-pyrrole nitrogens is 1. The molecule has 2 atom stereocenters. The molecule has 2 unspecified atom stereocenters. The molecule has 2 heterocycles. The molecule has 6 nitrogen and oxygen atoms in total. The van der Waals surface area contributed by atoms with Gasteiger partial charge in [-0.2, -0.15) is 0 Å². The summed E-state index contributed by atoms with van der Waals surface area (Å²) in [5, 5.41) is 9.88. The van der Waals surface area contributed by atoms with Gasteiger partial charge in [0, 0.05) is 4.88 Å². The molecule has 25 heavy (non-hydrogen) atoms. The molecular weight excluding hydrogens is 338 g/mol. The molecule has 0 saturated heterocycles. The van der Waals surface area contributed by atoms with Crippen LogP contribution in [0.5, 0.6) is 0 Å². The largest absolute Gasteiger partial charge is 0.480 e. The lowest BCUT2D eigenvalue weighted by Gasteiger charge is -2.26. The summed E-state index contributed by atoms with van der Waals surface area (Å²) >= 11 is 1.62. The van der Waals surface area contributed by atoms with Crippen molar-refractivity contribution in [3.8, 4) is 0 Å². The van der Waals surface area contributed by atoms with Crippen LogP contribution in [-0.2, 0) is 17.6 Å². The van der Waals surface area contributed by atoms with Crippen LogP contribution < -0.4 is 5.56 Å². The maximum Gasteiger partial charge on any atom is 0.317 e. The number of carbonyl (C=O) groups is 1. The van der Waals surface area contributed by atoms with Gasteiger partial charge in [0.05, 0.1) is 18.0 Å². The molecule has 0 amide bonds. The van der Waals surface area contributed by atoms with Gasteiger partial charge in [-0.3, -0.25) is 14.5 Å². The number of hydrogen-bond donors (Lipinski definition) is 2. The number of nitrogens with zero attached hydrogens (tertiary/aromatic N) is 2. The van der Waals surface area contributed by atoms with Crippen molar-refractivity contribution in [1.82, 2.24) is 14.9 Å². The lowest BCUT2D eigenvalue weighted by molar-refractivity contribution is -0.138. The fourth-order valence-electron chi connectivity index (χ4n) is 3.61. The van der Waals surface area contributed by atoms with E-state index in [1.807, 2.05) is 18.7 Å². The summed E-state index contributed by atoms with van der Waals surface area (Å²) in [7, 11) is 0. The van der Waals surface area contributed by atoms with E-state index in [0.29, 0.717) is 18.3 Å². The van der Waals surface area contributed by atoms with E-state index in [0.717, 1.165) is 35.9 Å². The third-order valence-corrected chi connectivity index (χ3v) is 6.12. The second-order valence-corrected chi connectivity index (χ2v) is 8.11. The highest BCUT2D eigenvalue weighted by Crippen LogP contribution is 2.36. The van der Waals surface area contributed by atoms with E-state index < -0.39 is 5.97 Å². The summed E-state index contributed by atoms with van der Waals surface area (Å²) in [5.41, 5.74) is 1.08. The molecule has 2 N–H and O–H groups in total. The highest BCUT2D eigenvalue weighted by Gasteiger charge is 2.25. The fraction of sp³-hybridized carbons (Fsp3) is 0.611. The van der Waals surface area contributed by atoms with Crippen LogP contribution in [0.25, 0.3) is 10.2 Å². The Labute approximate surface area is 150 Å². The molecule has 0 aliphatic heterocycles. The Balaban J connectivity index is 2.00. The number of fused-ring (bicyclic) bond motifs is 3. The number of aromatic nitrogens is 2. The maximum absolute atomic E-state index is 12.7. The molecule has 136 valence electrons. The highest BCUT2D eigenvalue weighted by atomic mass is 32.1. The van der Waals surface area contributed by atoms with Gasteiger partial charge < -0.3 is 10.1 Å². The first-order chi connectivity index (χ1) is 11.9. The van der Waals surface area contributed by atoms with Gasteiger partial charge in [0.2, 0.25) is 0 Å². The van der Waals surface area contributed by atoms with Gasteiger partial charge in [0.1, 0.15) is 10.7 Å². The van der Waals surface area contributed by atoms with E-state index in [1.54, 1.807) is 11.3 Å². The number of nitrogens with one attached hydrogen (secondary N) is 1. The Hall–Kier alpha value is -1.73. The van der Waals surface area contributed by atoms with E-state index in [-0.39, 0.29) is 18.1 Å². The average molecular weight is 363 g/mol. The number of carboxylic acid groups (broad SMARTS) is 1. The van der Waals surface area contributed by atoms with Crippen molar-refractivity contribution in [2.24, 2.45) is 5.92 Å². The first-order valence-corrected chi connectivity index (χ1v) is 9.72. The maximum atomic E-state index is 12.7. The number of rotatable bonds is 6. The quantitative estimate of drug-likeness (QED) is 0.824. The molecule has 0 aromatic carbocycles. The number of carboxylic acids is 1. The molecular formula is C18H25N3O3S. The van der Waals surface area contributed by atoms with Crippen LogP contribution in [0, 0.1) is 5.92 Å². The molecule has 1 aliphatic carbocycles. The van der Waals surface area contributed by atoms with Crippen LogP contribution in [0.1, 0.15) is 55.9 Å². The van der Waals surface area contributed by atoms with Crippen LogP contribution in [0.15, 0.2) is 4.79 Å². The summed E-state index contributed by atoms with van der Waals surface area (Å²) in [6, 6.07) is -0.244. The van der Waals surface area contributed by atoms with Gasteiger partial charge in [0.15, 0.2) is 0 Å². The van der Waals surface area contributed by atoms with E-state index >= 15 is 0 Å². The molecule has 2 aromatic rings. The topological polar surface area (TPSA) is 86.3 Å². The van der Waals surface area contributed by atoms with Crippen molar-refractivity contribution >= 4 is 27.5 Å². The van der Waals surface area contributed by atoms with Crippen LogP contribution in [0.4, 0.5) is 0 Å². The number of aromatic amines is 1. The standard InChI is InChI=1S/C18H25N3O3S/c1-4-7-21(9-14(22)23)11(3)16-19-17(24)15-12-6-5-10(2)8-13(12)25-18(15)20-16/h10-11H,4-9H2,1-3H3,(H,22,23)(H,19,20,24). The summed E-state index contributed by atoms with van der Waals surface area (Å²) in [6.07, 6.45) is 3.91. The molecule has 2 aromatic heterocycles. The molecule has 0 saturated carbocycles. The van der Waals surface area contributed by atoms with E-state index in [1.165, 1.54) is 10.4 Å². The first kappa shape index (κ1) is 18.1. The van der Waals surface area contributed by atoms with Gasteiger partial charge >= 0.3 is 5.97 Å². The number of hydrogen-bond acceptors (Lipinski definition) is 5. The summed E-state index contributed by atoms with van der Waals surface area (Å²) in [6.45, 7) is 6.74. The second kappa shape index (κ2) is 7.25. The Morgan fingerprint density at radius 3 is 2.96 bits per heavy atom. The summed E-state index contributed by atoms with van der Waals surface area (Å²) in [5.74, 6) is 0.330. The summed E-state index contributed by atoms with van der Waals surface area (Å²) < 4.78 is 0. The van der Waals surface area contributed by atoms with Crippen molar-refractivity contribution in [1.29, 1.82) is 0 Å². The van der Waals surface area contributed by atoms with Crippen LogP contribution in [0.2, 0.25) is 0 Å². The van der Waals surface area contributed by atoms with Crippen molar-refractivity contribution in [2.45, 2.75) is 52.5 Å². The molecule has 0 fully saturated rings. The Morgan fingerprint density at radius 1 is 1.52 bits per heavy atom. The van der Waals surface area contributed by atoms with E-state index in [4.69, 9.17) is 10.1 Å². The minimum absolute atomic E-state index is 0.0603. The van der Waals surface area contributed by atoms with E-state index in [2.05, 4.69) is 11.9 Å². The second-order valence-electron chi connectivity index (χ2n) is 7.02. The van der Waals surface area contributed by atoms with Crippen molar-refractivity contribution in [2.75, 3.05) is 13.1 Å². The minimum Gasteiger partial charge on any atom is -0.480 e. The fourth-order valence-corrected chi connectivity index (χ4v) is 5.00. The smallest absolute Gasteiger partial charge is 0.317 e. The van der Waals surface area contributed by atoms with Gasteiger partial charge in [-0.1, -0.05) is 13.8 Å². The van der Waals surface area contributed by atoms with Gasteiger partial charge in [-0.05, 0) is 50.6 Å². The van der Waals surface area contributed by atoms with Crippen LogP contribution in [-0.4, -0.2) is 39.0 Å². The highest BCUT2D eigenvalue weighted by molar-refractivity contribution is 7.18. The predicted molar refractivity (Wildman–Crippen MR) is 99.3 cm³/mol. The van der Waals surface area contributed by atoms with Gasteiger partial charge in [0.25, 0.3) is 5.56 Å². The zero-order valence-corrected chi connectivity index (χ0v) is 15.8. The number of aliphatic carboxylic acids is 1. The predicted octanol–water partition coefficient (Wildman–Crippen LogP) is 2.97. The third-order valence-electron chi connectivity index (χ3n) is 4.98. The normalized spacial score (nSPS) is 18.5. The van der Waals surface area contributed by atoms with Crippen LogP contribution in [0.3, 0.4) is 0 Å². The molecule has 0 spiro atoms. The van der Waals surface area contributed by atoms with Gasteiger partial charge in [-0.25, -0.2) is 4.98 Å². The zero-order valence-electron chi connectivity index (χ0n) is 15.0. The lowest BCUT2D eigenvalue weighted by Crippen LogP contribution is -2.34. The Kier molecular flexibility index (Phi) is 5.24. The molecule has 0 radical (unpaired) electrons. The van der Waals surface area contributed by atoms with Crippen molar-refractivity contribution in [3.63, 3.8) is 0 Å². The number of thiophene rings is 1. The number of aryl methyl sites for hydroxylation is 1.